The highest BCUT2D eigenvalue weighted by Gasteiger charge is 2.37. The van der Waals surface area contributed by atoms with Crippen LogP contribution < -0.4 is 0 Å². The van der Waals surface area contributed by atoms with Crippen LogP contribution in [0.5, 0.6) is 0 Å². The summed E-state index contributed by atoms with van der Waals surface area (Å²) in [6.07, 6.45) is 4.17. The SMILES string of the molecule is CCC(C(=O)O)C1CC(C)CC(C)(C)C1. The van der Waals surface area contributed by atoms with Gasteiger partial charge in [-0.15, -0.1) is 0 Å². The molecule has 88 valence electrons. The van der Waals surface area contributed by atoms with Crippen molar-refractivity contribution in [2.24, 2.45) is 23.2 Å². The quantitative estimate of drug-likeness (QED) is 0.776. The van der Waals surface area contributed by atoms with Crippen molar-refractivity contribution in [1.29, 1.82) is 0 Å². The fourth-order valence-electron chi connectivity index (χ4n) is 3.44. The summed E-state index contributed by atoms with van der Waals surface area (Å²) < 4.78 is 0. The van der Waals surface area contributed by atoms with Crippen molar-refractivity contribution in [3.63, 3.8) is 0 Å². The second-order valence-electron chi connectivity index (χ2n) is 6.03. The third kappa shape index (κ3) is 3.22. The molecule has 0 aliphatic heterocycles. The highest BCUT2D eigenvalue weighted by atomic mass is 16.4. The Morgan fingerprint density at radius 1 is 1.47 bits per heavy atom. The summed E-state index contributed by atoms with van der Waals surface area (Å²) in [5, 5.41) is 9.18. The molecule has 1 N–H and O–H groups in total. The van der Waals surface area contributed by atoms with Crippen molar-refractivity contribution in [2.75, 3.05) is 0 Å². The smallest absolute Gasteiger partial charge is 0.306 e. The standard InChI is InChI=1S/C13H24O2/c1-5-11(12(14)15)10-6-9(2)7-13(3,4)8-10/h9-11H,5-8H2,1-4H3,(H,14,15). The van der Waals surface area contributed by atoms with Crippen molar-refractivity contribution in [3.8, 4) is 0 Å². The minimum absolute atomic E-state index is 0.132. The van der Waals surface area contributed by atoms with Crippen LogP contribution in [0.3, 0.4) is 0 Å². The normalized spacial score (nSPS) is 32.3. The highest BCUT2D eigenvalue weighted by Crippen LogP contribution is 2.44. The molecular formula is C13H24O2. The largest absolute Gasteiger partial charge is 0.481 e. The molecule has 1 saturated carbocycles. The van der Waals surface area contributed by atoms with Crippen LogP contribution in [0, 0.1) is 23.2 Å². The molecule has 0 saturated heterocycles. The van der Waals surface area contributed by atoms with Gasteiger partial charge in [0.25, 0.3) is 0 Å². The second-order valence-corrected chi connectivity index (χ2v) is 6.03. The van der Waals surface area contributed by atoms with E-state index in [9.17, 15) is 9.90 Å². The number of hydrogen-bond acceptors (Lipinski definition) is 1. The molecule has 15 heavy (non-hydrogen) atoms. The predicted octanol–water partition coefficient (Wildman–Crippen LogP) is 3.56. The maximum absolute atomic E-state index is 11.1. The molecular weight excluding hydrogens is 188 g/mol. The van der Waals surface area contributed by atoms with Gasteiger partial charge in [-0.25, -0.2) is 0 Å². The molecule has 0 heterocycles. The van der Waals surface area contributed by atoms with Gasteiger partial charge in [-0.1, -0.05) is 27.7 Å². The zero-order valence-electron chi connectivity index (χ0n) is 10.4. The number of aliphatic carboxylic acids is 1. The van der Waals surface area contributed by atoms with E-state index >= 15 is 0 Å². The Hall–Kier alpha value is -0.530. The van der Waals surface area contributed by atoms with Gasteiger partial charge in [0.1, 0.15) is 0 Å². The average molecular weight is 212 g/mol. The van der Waals surface area contributed by atoms with E-state index in [2.05, 4.69) is 20.8 Å². The van der Waals surface area contributed by atoms with Gasteiger partial charge in [0.05, 0.1) is 5.92 Å². The molecule has 0 spiro atoms. The molecule has 3 unspecified atom stereocenters. The number of carboxylic acids is 1. The van der Waals surface area contributed by atoms with E-state index in [1.807, 2.05) is 6.92 Å². The van der Waals surface area contributed by atoms with E-state index in [0.717, 1.165) is 19.3 Å². The summed E-state index contributed by atoms with van der Waals surface area (Å²) in [5.74, 6) is 0.317. The molecule has 3 atom stereocenters. The summed E-state index contributed by atoms with van der Waals surface area (Å²) in [4.78, 5) is 11.1. The third-order valence-corrected chi connectivity index (χ3v) is 3.75. The Kier molecular flexibility index (Phi) is 3.80. The predicted molar refractivity (Wildman–Crippen MR) is 61.7 cm³/mol. The first-order valence-electron chi connectivity index (χ1n) is 6.08. The van der Waals surface area contributed by atoms with Gasteiger partial charge < -0.3 is 5.11 Å². The number of carbonyl (C=O) groups is 1. The molecule has 0 bridgehead atoms. The molecule has 0 amide bonds. The van der Waals surface area contributed by atoms with E-state index in [0.29, 0.717) is 17.3 Å². The maximum Gasteiger partial charge on any atom is 0.306 e. The lowest BCUT2D eigenvalue weighted by Gasteiger charge is -2.41. The van der Waals surface area contributed by atoms with Crippen LogP contribution in [-0.2, 0) is 4.79 Å². The van der Waals surface area contributed by atoms with Crippen molar-refractivity contribution in [3.05, 3.63) is 0 Å². The Labute approximate surface area is 93.1 Å². The number of rotatable bonds is 3. The highest BCUT2D eigenvalue weighted by molar-refractivity contribution is 5.70. The molecule has 0 radical (unpaired) electrons. The van der Waals surface area contributed by atoms with E-state index in [-0.39, 0.29) is 5.92 Å². The van der Waals surface area contributed by atoms with E-state index in [4.69, 9.17) is 0 Å². The summed E-state index contributed by atoms with van der Waals surface area (Å²) in [6.45, 7) is 8.78. The maximum atomic E-state index is 11.1. The van der Waals surface area contributed by atoms with Gasteiger partial charge >= 0.3 is 5.97 Å². The molecule has 0 aromatic carbocycles. The molecule has 1 aliphatic carbocycles. The lowest BCUT2D eigenvalue weighted by atomic mass is 9.64. The molecule has 1 fully saturated rings. The van der Waals surface area contributed by atoms with Crippen LogP contribution in [0.1, 0.15) is 53.4 Å². The van der Waals surface area contributed by atoms with Gasteiger partial charge in [-0.2, -0.15) is 0 Å². The lowest BCUT2D eigenvalue weighted by molar-refractivity contribution is -0.145. The van der Waals surface area contributed by atoms with Crippen LogP contribution in [0.15, 0.2) is 0 Å². The monoisotopic (exact) mass is 212 g/mol. The van der Waals surface area contributed by atoms with Crippen molar-refractivity contribution in [1.82, 2.24) is 0 Å². The van der Waals surface area contributed by atoms with Crippen molar-refractivity contribution >= 4 is 5.97 Å². The number of hydrogen-bond donors (Lipinski definition) is 1. The number of carboxylic acid groups (broad SMARTS) is 1. The first-order chi connectivity index (χ1) is 6.85. The van der Waals surface area contributed by atoms with Gasteiger partial charge in [-0.05, 0) is 42.9 Å². The molecule has 1 aliphatic rings. The van der Waals surface area contributed by atoms with Crippen LogP contribution in [-0.4, -0.2) is 11.1 Å². The third-order valence-electron chi connectivity index (χ3n) is 3.75. The summed E-state index contributed by atoms with van der Waals surface area (Å²) in [7, 11) is 0. The van der Waals surface area contributed by atoms with E-state index in [1.54, 1.807) is 0 Å². The zero-order chi connectivity index (χ0) is 11.6. The van der Waals surface area contributed by atoms with Gasteiger partial charge in [0.2, 0.25) is 0 Å². The molecule has 0 aromatic heterocycles. The molecule has 1 rings (SSSR count). The van der Waals surface area contributed by atoms with Gasteiger partial charge in [-0.3, -0.25) is 4.79 Å². The molecule has 2 nitrogen and oxygen atoms in total. The minimum Gasteiger partial charge on any atom is -0.481 e. The summed E-state index contributed by atoms with van der Waals surface area (Å²) in [5.41, 5.74) is 0.325. The summed E-state index contributed by atoms with van der Waals surface area (Å²) in [6, 6.07) is 0. The lowest BCUT2D eigenvalue weighted by Crippen LogP contribution is -2.34. The Morgan fingerprint density at radius 2 is 2.07 bits per heavy atom. The Balaban J connectivity index is 2.72. The fraction of sp³-hybridized carbons (Fsp3) is 0.923. The van der Waals surface area contributed by atoms with Crippen LogP contribution >= 0.6 is 0 Å². The van der Waals surface area contributed by atoms with Crippen LogP contribution in [0.25, 0.3) is 0 Å². The van der Waals surface area contributed by atoms with Gasteiger partial charge in [0, 0.05) is 0 Å². The van der Waals surface area contributed by atoms with Crippen LogP contribution in [0.2, 0.25) is 0 Å². The van der Waals surface area contributed by atoms with E-state index < -0.39 is 5.97 Å². The van der Waals surface area contributed by atoms with E-state index in [1.165, 1.54) is 6.42 Å². The summed E-state index contributed by atoms with van der Waals surface area (Å²) >= 11 is 0. The average Bonchev–Trinajstić information content (AvgIpc) is 1.99. The van der Waals surface area contributed by atoms with Gasteiger partial charge in [0.15, 0.2) is 0 Å². The topological polar surface area (TPSA) is 37.3 Å². The second kappa shape index (κ2) is 4.54. The van der Waals surface area contributed by atoms with Crippen LogP contribution in [0.4, 0.5) is 0 Å². The Morgan fingerprint density at radius 3 is 2.47 bits per heavy atom. The van der Waals surface area contributed by atoms with Crippen molar-refractivity contribution in [2.45, 2.75) is 53.4 Å². The fourth-order valence-corrected chi connectivity index (χ4v) is 3.44. The molecule has 0 aromatic rings. The zero-order valence-corrected chi connectivity index (χ0v) is 10.4. The minimum atomic E-state index is -0.604. The first kappa shape index (κ1) is 12.5. The first-order valence-corrected chi connectivity index (χ1v) is 6.08. The Bertz CT molecular complexity index is 233. The van der Waals surface area contributed by atoms with Crippen molar-refractivity contribution < 1.29 is 9.90 Å². The molecule has 2 heteroatoms.